The molecular formula is C34H40ClFN2O4S. The topological polar surface area (TPSA) is 67.9 Å². The number of benzene rings is 2. The number of carbonyl (C=O) groups excluding carboxylic acids is 2. The number of hydrogen-bond donors (Lipinski definition) is 1. The molecule has 2 aliphatic heterocycles. The molecule has 1 fully saturated rings. The molecule has 2 heterocycles. The molecule has 9 heteroatoms. The molecule has 230 valence electrons. The Hall–Kier alpha value is -2.55. The molecule has 2 bridgehead atoms. The van der Waals surface area contributed by atoms with Gasteiger partial charge in [0.25, 0.3) is 5.91 Å². The Kier molecular flexibility index (Phi) is 9.09. The van der Waals surface area contributed by atoms with Gasteiger partial charge < -0.3 is 19.2 Å². The van der Waals surface area contributed by atoms with Crippen molar-refractivity contribution in [3.05, 3.63) is 69.5 Å². The molecule has 2 aliphatic carbocycles. The normalized spacial score (nSPS) is 30.5. The zero-order valence-corrected chi connectivity index (χ0v) is 26.4. The molecule has 5 atom stereocenters. The van der Waals surface area contributed by atoms with Crippen LogP contribution in [0.4, 0.5) is 10.1 Å². The highest BCUT2D eigenvalue weighted by Crippen LogP contribution is 2.48. The fourth-order valence-corrected chi connectivity index (χ4v) is 8.32. The highest BCUT2D eigenvalue weighted by molar-refractivity contribution is 7.98. The van der Waals surface area contributed by atoms with Gasteiger partial charge in [-0.25, -0.2) is 4.39 Å². The molecule has 2 aromatic rings. The van der Waals surface area contributed by atoms with Crippen molar-refractivity contribution in [2.75, 3.05) is 31.2 Å². The standard InChI is InChI=1S/C34H40ClFN2O4S/c1-21-5-3-6-22(2)43-37-33(40)23-9-13-30-29(17-23)38(18-24-8-10-25(24)32(21)41-16-15-39)19-34(20-42-30)14-4-7-26-27(34)11-12-28(35)31(26)36/h5,9,11-13,15,17,22,24-25,32H,3-4,6-8,10,14,16,18-20H2,1-2H3,(H,37,40)/b21-5+/t22?,24-,25?,32?,34?/m0/s1. The summed E-state index contributed by atoms with van der Waals surface area (Å²) < 4.78 is 31.1. The van der Waals surface area contributed by atoms with Gasteiger partial charge in [-0.05, 0) is 117 Å². The van der Waals surface area contributed by atoms with Gasteiger partial charge in [-0.3, -0.25) is 9.52 Å². The quantitative estimate of drug-likeness (QED) is 0.223. The number of rotatable bonds is 3. The smallest absolute Gasteiger partial charge is 0.261 e. The fourth-order valence-electron chi connectivity index (χ4n) is 7.46. The maximum absolute atomic E-state index is 15.3. The first-order chi connectivity index (χ1) is 20.8. The number of nitrogens with one attached hydrogen (secondary N) is 1. The summed E-state index contributed by atoms with van der Waals surface area (Å²) in [6.07, 6.45) is 9.20. The highest BCUT2D eigenvalue weighted by Gasteiger charge is 2.45. The number of ether oxygens (including phenoxy) is 2. The van der Waals surface area contributed by atoms with Gasteiger partial charge in [0.15, 0.2) is 0 Å². The van der Waals surface area contributed by atoms with Crippen LogP contribution in [0.2, 0.25) is 5.02 Å². The van der Waals surface area contributed by atoms with E-state index in [0.717, 1.165) is 73.9 Å². The minimum Gasteiger partial charge on any atom is -0.490 e. The Morgan fingerprint density at radius 2 is 2.12 bits per heavy atom. The minimum atomic E-state index is -0.422. The first kappa shape index (κ1) is 30.5. The molecule has 0 radical (unpaired) electrons. The van der Waals surface area contributed by atoms with E-state index in [9.17, 15) is 9.59 Å². The first-order valence-electron chi connectivity index (χ1n) is 15.5. The number of carbonyl (C=O) groups is 2. The average molecular weight is 627 g/mol. The summed E-state index contributed by atoms with van der Waals surface area (Å²) >= 11 is 7.67. The monoisotopic (exact) mass is 626 g/mol. The number of fused-ring (bicyclic) bond motifs is 4. The first-order valence-corrected chi connectivity index (χ1v) is 16.7. The third-order valence-corrected chi connectivity index (χ3v) is 11.1. The summed E-state index contributed by atoms with van der Waals surface area (Å²) in [5.74, 6) is 0.891. The van der Waals surface area contributed by atoms with Gasteiger partial charge in [0.1, 0.15) is 24.5 Å². The number of hydrogen-bond acceptors (Lipinski definition) is 6. The van der Waals surface area contributed by atoms with E-state index in [4.69, 9.17) is 21.1 Å². The van der Waals surface area contributed by atoms with Crippen LogP contribution in [-0.2, 0) is 21.4 Å². The summed E-state index contributed by atoms with van der Waals surface area (Å²) in [7, 11) is 0. The van der Waals surface area contributed by atoms with Crippen LogP contribution in [-0.4, -0.2) is 49.9 Å². The van der Waals surface area contributed by atoms with Crippen LogP contribution < -0.4 is 14.4 Å². The van der Waals surface area contributed by atoms with E-state index in [1.807, 2.05) is 24.3 Å². The summed E-state index contributed by atoms with van der Waals surface area (Å²) in [4.78, 5) is 27.0. The van der Waals surface area contributed by atoms with Crippen molar-refractivity contribution in [2.24, 2.45) is 11.8 Å². The van der Waals surface area contributed by atoms with Crippen molar-refractivity contribution in [3.8, 4) is 5.75 Å². The number of nitrogens with zero attached hydrogens (tertiary/aromatic N) is 1. The zero-order valence-electron chi connectivity index (χ0n) is 24.9. The second kappa shape index (κ2) is 12.8. The molecule has 6 rings (SSSR count). The van der Waals surface area contributed by atoms with E-state index in [2.05, 4.69) is 29.5 Å². The molecule has 1 N–H and O–H groups in total. The second-order valence-electron chi connectivity index (χ2n) is 12.7. The Bertz CT molecular complexity index is 1420. The van der Waals surface area contributed by atoms with Gasteiger partial charge in [-0.1, -0.05) is 30.7 Å². The van der Waals surface area contributed by atoms with Gasteiger partial charge in [0, 0.05) is 29.3 Å². The lowest BCUT2D eigenvalue weighted by Gasteiger charge is -2.46. The molecular weight excluding hydrogens is 587 g/mol. The Morgan fingerprint density at radius 1 is 1.26 bits per heavy atom. The van der Waals surface area contributed by atoms with E-state index in [1.54, 1.807) is 6.07 Å². The number of anilines is 1. The molecule has 43 heavy (non-hydrogen) atoms. The maximum atomic E-state index is 15.3. The molecule has 4 unspecified atom stereocenters. The van der Waals surface area contributed by atoms with Crippen LogP contribution in [0.1, 0.15) is 73.9 Å². The van der Waals surface area contributed by atoms with Gasteiger partial charge in [-0.15, -0.1) is 0 Å². The Labute approximate surface area is 262 Å². The van der Waals surface area contributed by atoms with Crippen molar-refractivity contribution >= 4 is 41.4 Å². The Balaban J connectivity index is 1.41. The highest BCUT2D eigenvalue weighted by atomic mass is 35.5. The molecule has 0 saturated heterocycles. The molecule has 6 nitrogen and oxygen atoms in total. The molecule has 2 aromatic carbocycles. The van der Waals surface area contributed by atoms with E-state index in [-0.39, 0.29) is 40.6 Å². The van der Waals surface area contributed by atoms with Gasteiger partial charge in [-0.2, -0.15) is 0 Å². The number of halogens is 2. The van der Waals surface area contributed by atoms with Crippen molar-refractivity contribution < 1.29 is 23.5 Å². The molecule has 0 aromatic heterocycles. The van der Waals surface area contributed by atoms with E-state index >= 15 is 4.39 Å². The predicted octanol–water partition coefficient (Wildman–Crippen LogP) is 7.07. The predicted molar refractivity (Wildman–Crippen MR) is 170 cm³/mol. The van der Waals surface area contributed by atoms with Gasteiger partial charge in [0.05, 0.1) is 23.4 Å². The van der Waals surface area contributed by atoms with Gasteiger partial charge >= 0.3 is 0 Å². The van der Waals surface area contributed by atoms with Gasteiger partial charge in [0.2, 0.25) is 0 Å². The van der Waals surface area contributed by atoms with E-state index in [0.29, 0.717) is 36.6 Å². The van der Waals surface area contributed by atoms with Crippen LogP contribution >= 0.6 is 23.5 Å². The number of amides is 1. The van der Waals surface area contributed by atoms with Crippen molar-refractivity contribution in [1.82, 2.24) is 4.72 Å². The summed E-state index contributed by atoms with van der Waals surface area (Å²) in [5.41, 5.74) is 3.88. The summed E-state index contributed by atoms with van der Waals surface area (Å²) in [6, 6.07) is 9.33. The lowest BCUT2D eigenvalue weighted by molar-refractivity contribution is -0.115. The van der Waals surface area contributed by atoms with Crippen LogP contribution in [0.15, 0.2) is 42.0 Å². The van der Waals surface area contributed by atoms with Crippen LogP contribution in [0.25, 0.3) is 0 Å². The molecule has 4 aliphatic rings. The summed E-state index contributed by atoms with van der Waals surface area (Å²) in [5, 5.41) is 0.385. The summed E-state index contributed by atoms with van der Waals surface area (Å²) in [6.45, 7) is 6.12. The largest absolute Gasteiger partial charge is 0.490 e. The van der Waals surface area contributed by atoms with Crippen molar-refractivity contribution in [3.63, 3.8) is 0 Å². The number of allylic oxidation sites excluding steroid dienone is 1. The number of aldehydes is 1. The van der Waals surface area contributed by atoms with Crippen LogP contribution in [0, 0.1) is 17.7 Å². The SMILES string of the molecule is C/C1=C\CCC(C)SNC(=O)c2ccc3c(c2)N(C[C@@H]2CCC2C1OCC=O)CC1(CCCc2c1ccc(Cl)c2F)CO3. The zero-order chi connectivity index (χ0) is 30.1. The van der Waals surface area contributed by atoms with Crippen molar-refractivity contribution in [1.29, 1.82) is 0 Å². The Morgan fingerprint density at radius 3 is 2.91 bits per heavy atom. The third-order valence-electron chi connectivity index (χ3n) is 9.91. The lowest BCUT2D eigenvalue weighted by atomic mass is 9.67. The van der Waals surface area contributed by atoms with Crippen molar-refractivity contribution in [2.45, 2.75) is 75.6 Å². The van der Waals surface area contributed by atoms with Crippen LogP contribution in [0.3, 0.4) is 0 Å². The maximum Gasteiger partial charge on any atom is 0.261 e. The molecule has 1 amide bonds. The average Bonchev–Trinajstić information content (AvgIpc) is 3.14. The molecule has 1 saturated carbocycles. The molecule has 1 spiro atoms. The minimum absolute atomic E-state index is 0.0785. The fraction of sp³-hybridized carbons (Fsp3) is 0.529. The third kappa shape index (κ3) is 6.07. The van der Waals surface area contributed by atoms with E-state index < -0.39 is 5.41 Å². The second-order valence-corrected chi connectivity index (χ2v) is 14.3. The lowest BCUT2D eigenvalue weighted by Crippen LogP contribution is -2.50. The van der Waals surface area contributed by atoms with Crippen LogP contribution in [0.5, 0.6) is 5.75 Å². The van der Waals surface area contributed by atoms with E-state index in [1.165, 1.54) is 11.9 Å².